The van der Waals surface area contributed by atoms with E-state index in [-0.39, 0.29) is 5.91 Å². The first-order valence-corrected chi connectivity index (χ1v) is 9.86. The van der Waals surface area contributed by atoms with Crippen molar-refractivity contribution in [3.8, 4) is 0 Å². The van der Waals surface area contributed by atoms with Crippen LogP contribution < -0.4 is 0 Å². The summed E-state index contributed by atoms with van der Waals surface area (Å²) >= 11 is 0. The van der Waals surface area contributed by atoms with E-state index in [1.54, 1.807) is 4.90 Å². The van der Waals surface area contributed by atoms with Crippen LogP contribution in [0.25, 0.3) is 0 Å². The lowest BCUT2D eigenvalue weighted by Gasteiger charge is -2.58. The van der Waals surface area contributed by atoms with Crippen LogP contribution in [0.4, 0.5) is 0 Å². The van der Waals surface area contributed by atoms with E-state index >= 15 is 0 Å². The third-order valence-corrected chi connectivity index (χ3v) is 5.40. The van der Waals surface area contributed by atoms with Gasteiger partial charge in [-0.2, -0.15) is 0 Å². The molecular formula is C24H27NO5. The fourth-order valence-corrected chi connectivity index (χ4v) is 4.29. The van der Waals surface area contributed by atoms with E-state index in [0.717, 1.165) is 0 Å². The lowest BCUT2D eigenvalue weighted by molar-refractivity contribution is -0.205. The Hall–Kier alpha value is -3.15. The zero-order valence-corrected chi connectivity index (χ0v) is 17.9. The number of methoxy groups -OCH3 is 1. The van der Waals surface area contributed by atoms with Gasteiger partial charge in [0.25, 0.3) is 0 Å². The Labute approximate surface area is 176 Å². The number of β-lactam (4-membered cyclic amide) rings is 1. The van der Waals surface area contributed by atoms with Gasteiger partial charge >= 0.3 is 11.9 Å². The number of rotatable bonds is 5. The van der Waals surface area contributed by atoms with Gasteiger partial charge in [0.05, 0.1) is 7.11 Å². The quantitative estimate of drug-likeness (QED) is 0.430. The zero-order chi connectivity index (χ0) is 22.1. The van der Waals surface area contributed by atoms with Crippen molar-refractivity contribution in [2.75, 3.05) is 7.11 Å². The van der Waals surface area contributed by atoms with Crippen LogP contribution in [0.15, 0.2) is 60.7 Å². The first-order chi connectivity index (χ1) is 14.1. The summed E-state index contributed by atoms with van der Waals surface area (Å²) in [5, 5.41) is 0. The number of hydrogen-bond donors (Lipinski definition) is 0. The second-order valence-electron chi connectivity index (χ2n) is 8.39. The molecule has 0 spiro atoms. The molecule has 0 aromatic heterocycles. The standard InChI is InChI=1S/C24H27NO5/c1-16(26)30-24(17-12-8-6-9-13-17,18-14-10-7-11-15-18)20-19(22(28)29-5)21(27)25(20)23(2,3)4/h6-15,19-20H,1-5H3/t19-,20+/m1/s1. The highest BCUT2D eigenvalue weighted by molar-refractivity contribution is 6.04. The lowest BCUT2D eigenvalue weighted by atomic mass is 9.67. The van der Waals surface area contributed by atoms with Gasteiger partial charge in [-0.15, -0.1) is 0 Å². The first-order valence-electron chi connectivity index (χ1n) is 9.86. The minimum atomic E-state index is -1.38. The molecule has 1 saturated heterocycles. The third kappa shape index (κ3) is 3.47. The smallest absolute Gasteiger partial charge is 0.320 e. The number of likely N-dealkylation sites (tertiary alicyclic amines) is 1. The molecule has 0 unspecified atom stereocenters. The molecule has 1 fully saturated rings. The summed E-state index contributed by atoms with van der Waals surface area (Å²) in [6, 6.07) is 17.7. The van der Waals surface area contributed by atoms with Gasteiger partial charge in [-0.05, 0) is 20.8 Å². The SMILES string of the molecule is COC(=O)[C@H]1C(=O)N(C(C)(C)C)[C@@H]1C(OC(C)=O)(c1ccccc1)c1ccccc1. The van der Waals surface area contributed by atoms with Crippen LogP contribution in [-0.2, 0) is 29.5 Å². The van der Waals surface area contributed by atoms with Crippen molar-refractivity contribution in [2.45, 2.75) is 44.9 Å². The lowest BCUT2D eigenvalue weighted by Crippen LogP contribution is -2.76. The molecule has 6 nitrogen and oxygen atoms in total. The molecule has 3 rings (SSSR count). The monoisotopic (exact) mass is 409 g/mol. The summed E-state index contributed by atoms with van der Waals surface area (Å²) in [4.78, 5) is 39.8. The topological polar surface area (TPSA) is 72.9 Å². The minimum Gasteiger partial charge on any atom is -0.468 e. The number of carbonyl (C=O) groups is 3. The number of nitrogens with zero attached hydrogens (tertiary/aromatic N) is 1. The van der Waals surface area contributed by atoms with E-state index in [0.29, 0.717) is 11.1 Å². The number of esters is 2. The molecule has 30 heavy (non-hydrogen) atoms. The molecule has 1 aliphatic rings. The molecule has 0 aliphatic carbocycles. The van der Waals surface area contributed by atoms with E-state index in [1.165, 1.54) is 14.0 Å². The number of carbonyl (C=O) groups excluding carboxylic acids is 3. The number of hydrogen-bond acceptors (Lipinski definition) is 5. The van der Waals surface area contributed by atoms with Crippen LogP contribution in [0.5, 0.6) is 0 Å². The molecule has 158 valence electrons. The third-order valence-electron chi connectivity index (χ3n) is 5.40. The van der Waals surface area contributed by atoms with E-state index in [1.807, 2.05) is 81.4 Å². The molecule has 2 atom stereocenters. The van der Waals surface area contributed by atoms with Gasteiger partial charge in [-0.3, -0.25) is 14.4 Å². The maximum absolute atomic E-state index is 13.1. The van der Waals surface area contributed by atoms with Crippen LogP contribution in [0.1, 0.15) is 38.8 Å². The van der Waals surface area contributed by atoms with Crippen LogP contribution in [0, 0.1) is 5.92 Å². The maximum atomic E-state index is 13.1. The zero-order valence-electron chi connectivity index (χ0n) is 17.9. The number of ether oxygens (including phenoxy) is 2. The maximum Gasteiger partial charge on any atom is 0.320 e. The molecule has 1 heterocycles. The Morgan fingerprint density at radius 2 is 1.37 bits per heavy atom. The van der Waals surface area contributed by atoms with Gasteiger partial charge in [0.2, 0.25) is 5.91 Å². The molecule has 0 bridgehead atoms. The fraction of sp³-hybridized carbons (Fsp3) is 0.375. The van der Waals surface area contributed by atoms with Gasteiger partial charge in [0.15, 0.2) is 11.5 Å². The predicted molar refractivity (Wildman–Crippen MR) is 111 cm³/mol. The van der Waals surface area contributed by atoms with Gasteiger partial charge in [-0.1, -0.05) is 60.7 Å². The van der Waals surface area contributed by atoms with Gasteiger partial charge in [0.1, 0.15) is 6.04 Å². The Morgan fingerprint density at radius 3 is 1.73 bits per heavy atom. The van der Waals surface area contributed by atoms with E-state index in [4.69, 9.17) is 9.47 Å². The second kappa shape index (κ2) is 7.94. The second-order valence-corrected chi connectivity index (χ2v) is 8.39. The van der Waals surface area contributed by atoms with Crippen molar-refractivity contribution >= 4 is 17.8 Å². The molecule has 1 amide bonds. The van der Waals surface area contributed by atoms with Crippen molar-refractivity contribution < 1.29 is 23.9 Å². The summed E-state index contributed by atoms with van der Waals surface area (Å²) < 4.78 is 11.0. The van der Waals surface area contributed by atoms with Crippen molar-refractivity contribution in [3.63, 3.8) is 0 Å². The van der Waals surface area contributed by atoms with Crippen molar-refractivity contribution in [3.05, 3.63) is 71.8 Å². The summed E-state index contributed by atoms with van der Waals surface area (Å²) in [6.45, 7) is 7.00. The van der Waals surface area contributed by atoms with Crippen LogP contribution in [0.2, 0.25) is 0 Å². The molecule has 2 aromatic carbocycles. The minimum absolute atomic E-state index is 0.345. The average Bonchev–Trinajstić information content (AvgIpc) is 2.70. The highest BCUT2D eigenvalue weighted by Crippen LogP contribution is 2.50. The largest absolute Gasteiger partial charge is 0.468 e. The summed E-state index contributed by atoms with van der Waals surface area (Å²) in [7, 11) is 1.25. The number of amides is 1. The molecule has 1 aliphatic heterocycles. The molecule has 0 saturated carbocycles. The normalized spacial score (nSPS) is 19.1. The highest BCUT2D eigenvalue weighted by Gasteiger charge is 2.66. The molecule has 0 N–H and O–H groups in total. The van der Waals surface area contributed by atoms with Crippen molar-refractivity contribution in [1.82, 2.24) is 4.90 Å². The van der Waals surface area contributed by atoms with Gasteiger partial charge in [0, 0.05) is 23.6 Å². The molecule has 0 radical (unpaired) electrons. The van der Waals surface area contributed by atoms with Crippen LogP contribution >= 0.6 is 0 Å². The Balaban J connectivity index is 2.35. The average molecular weight is 409 g/mol. The fourth-order valence-electron chi connectivity index (χ4n) is 4.29. The van der Waals surface area contributed by atoms with Gasteiger partial charge < -0.3 is 14.4 Å². The van der Waals surface area contributed by atoms with Gasteiger partial charge in [-0.25, -0.2) is 0 Å². The van der Waals surface area contributed by atoms with E-state index in [9.17, 15) is 14.4 Å². The van der Waals surface area contributed by atoms with Crippen LogP contribution in [-0.4, -0.2) is 41.4 Å². The van der Waals surface area contributed by atoms with E-state index in [2.05, 4.69) is 0 Å². The van der Waals surface area contributed by atoms with Crippen LogP contribution in [0.3, 0.4) is 0 Å². The number of benzene rings is 2. The molecular weight excluding hydrogens is 382 g/mol. The molecule has 6 heteroatoms. The summed E-state index contributed by atoms with van der Waals surface area (Å²) in [5.74, 6) is -2.59. The van der Waals surface area contributed by atoms with Crippen molar-refractivity contribution in [1.29, 1.82) is 0 Å². The van der Waals surface area contributed by atoms with E-state index < -0.39 is 35.0 Å². The summed E-state index contributed by atoms with van der Waals surface area (Å²) in [5.41, 5.74) is -0.644. The first kappa shape index (κ1) is 21.6. The Morgan fingerprint density at radius 1 is 0.900 bits per heavy atom. The molecule has 2 aromatic rings. The Bertz CT molecular complexity index is 894. The predicted octanol–water partition coefficient (Wildman–Crippen LogP) is 3.29. The highest BCUT2D eigenvalue weighted by atomic mass is 16.6. The summed E-state index contributed by atoms with van der Waals surface area (Å²) in [6.07, 6.45) is 0. The Kier molecular flexibility index (Phi) is 5.70. The van der Waals surface area contributed by atoms with Crippen molar-refractivity contribution in [2.24, 2.45) is 5.92 Å².